The second-order valence-corrected chi connectivity index (χ2v) is 12.0. The average molecular weight is 587 g/mol. The van der Waals surface area contributed by atoms with E-state index in [9.17, 15) is 9.59 Å². The molecule has 1 amide bonds. The number of carbonyl (C=O) groups is 1. The van der Waals surface area contributed by atoms with Crippen LogP contribution in [0.1, 0.15) is 60.5 Å². The van der Waals surface area contributed by atoms with Gasteiger partial charge in [-0.1, -0.05) is 53.3 Å². The van der Waals surface area contributed by atoms with E-state index in [1.54, 1.807) is 21.6 Å². The lowest BCUT2D eigenvalue weighted by atomic mass is 9.94. The van der Waals surface area contributed by atoms with Crippen LogP contribution in [0.3, 0.4) is 0 Å². The molecule has 4 aromatic rings. The molecule has 0 bridgehead atoms. The summed E-state index contributed by atoms with van der Waals surface area (Å²) >= 11 is 7.57. The maximum Gasteiger partial charge on any atom is 0.271 e. The highest BCUT2D eigenvalue weighted by atomic mass is 35.5. The van der Waals surface area contributed by atoms with Gasteiger partial charge in [0.15, 0.2) is 4.80 Å². The van der Waals surface area contributed by atoms with Gasteiger partial charge in [0.1, 0.15) is 0 Å². The summed E-state index contributed by atoms with van der Waals surface area (Å²) in [5.74, 6) is -0.109. The molecule has 0 spiro atoms. The number of carbonyl (C=O) groups excluding carboxylic acids is 1. The molecule has 0 N–H and O–H groups in total. The zero-order valence-electron chi connectivity index (χ0n) is 24.6. The van der Waals surface area contributed by atoms with E-state index in [4.69, 9.17) is 16.6 Å². The van der Waals surface area contributed by atoms with Crippen LogP contribution < -0.4 is 14.9 Å². The number of nitrogens with zero attached hydrogens (tertiary/aromatic N) is 4. The first-order valence-electron chi connectivity index (χ1n) is 13.9. The van der Waals surface area contributed by atoms with Gasteiger partial charge in [0.25, 0.3) is 11.5 Å². The number of aryl methyl sites for hydroxylation is 3. The topological polar surface area (TPSA) is 59.6 Å². The Balaban J connectivity index is 1.71. The standard InChI is InChI=1S/C33H35ClN4O2S/c1-8-36(9-2)32(40)28-22(6)35-33-38(30(28)24-13-15-26(34)16-14-24)31(39)27(41-33)18-25-17-21(5)37(23(25)7)29-19(3)11-10-12-20(29)4/h10-18,30H,8-9H2,1-7H3/b27-18+/t30-/m0/s1. The van der Waals surface area contributed by atoms with Crippen LogP contribution in [-0.4, -0.2) is 33.0 Å². The molecule has 5 rings (SSSR count). The van der Waals surface area contributed by atoms with E-state index in [2.05, 4.69) is 56.5 Å². The van der Waals surface area contributed by atoms with Crippen molar-refractivity contribution in [1.82, 2.24) is 14.0 Å². The Hall–Kier alpha value is -3.68. The van der Waals surface area contributed by atoms with E-state index in [1.165, 1.54) is 28.2 Å². The van der Waals surface area contributed by atoms with Gasteiger partial charge in [0, 0.05) is 29.5 Å². The molecule has 1 atom stereocenters. The third-order valence-corrected chi connectivity index (χ3v) is 9.14. The second kappa shape index (κ2) is 11.3. The van der Waals surface area contributed by atoms with Gasteiger partial charge in [0.05, 0.1) is 27.5 Å². The molecule has 0 aliphatic carbocycles. The summed E-state index contributed by atoms with van der Waals surface area (Å²) in [5, 5.41) is 0.595. The highest BCUT2D eigenvalue weighted by molar-refractivity contribution is 7.07. The van der Waals surface area contributed by atoms with Crippen molar-refractivity contribution in [2.24, 2.45) is 4.99 Å². The monoisotopic (exact) mass is 586 g/mol. The van der Waals surface area contributed by atoms with Gasteiger partial charge in [-0.25, -0.2) is 4.99 Å². The zero-order chi connectivity index (χ0) is 29.6. The third-order valence-electron chi connectivity index (χ3n) is 7.91. The number of para-hydroxylation sites is 1. The predicted molar refractivity (Wildman–Crippen MR) is 168 cm³/mol. The third kappa shape index (κ3) is 5.02. The van der Waals surface area contributed by atoms with Crippen LogP contribution in [-0.2, 0) is 4.79 Å². The minimum Gasteiger partial charge on any atom is -0.339 e. The Morgan fingerprint density at radius 1 is 1.02 bits per heavy atom. The number of fused-ring (bicyclic) bond motifs is 1. The first kappa shape index (κ1) is 28.8. The fourth-order valence-corrected chi connectivity index (χ4v) is 6.98. The van der Waals surface area contributed by atoms with Crippen LogP contribution in [0.2, 0.25) is 5.02 Å². The van der Waals surface area contributed by atoms with Crippen LogP contribution in [0.4, 0.5) is 0 Å². The Morgan fingerprint density at radius 3 is 2.27 bits per heavy atom. The average Bonchev–Trinajstić information content (AvgIpc) is 3.38. The van der Waals surface area contributed by atoms with Crippen LogP contribution in [0.5, 0.6) is 0 Å². The Kier molecular flexibility index (Phi) is 7.95. The van der Waals surface area contributed by atoms with E-state index in [-0.39, 0.29) is 11.5 Å². The largest absolute Gasteiger partial charge is 0.339 e. The molecule has 8 heteroatoms. The van der Waals surface area contributed by atoms with Crippen LogP contribution in [0, 0.1) is 27.7 Å². The molecule has 3 heterocycles. The van der Waals surface area contributed by atoms with Crippen molar-refractivity contribution in [1.29, 1.82) is 0 Å². The Labute approximate surface area is 249 Å². The van der Waals surface area contributed by atoms with Crippen molar-refractivity contribution >= 4 is 34.9 Å². The molecule has 1 aliphatic rings. The van der Waals surface area contributed by atoms with Gasteiger partial charge in [-0.2, -0.15) is 0 Å². The van der Waals surface area contributed by atoms with E-state index in [0.29, 0.717) is 38.7 Å². The van der Waals surface area contributed by atoms with Crippen molar-refractivity contribution < 1.29 is 4.79 Å². The lowest BCUT2D eigenvalue weighted by Crippen LogP contribution is -2.43. The van der Waals surface area contributed by atoms with Gasteiger partial charge in [-0.3, -0.25) is 14.2 Å². The molecular formula is C33H35ClN4O2S. The number of amides is 1. The molecule has 2 aromatic carbocycles. The van der Waals surface area contributed by atoms with Crippen LogP contribution in [0.25, 0.3) is 11.8 Å². The number of aromatic nitrogens is 2. The quantitative estimate of drug-likeness (QED) is 0.287. The van der Waals surface area contributed by atoms with E-state index < -0.39 is 6.04 Å². The lowest BCUT2D eigenvalue weighted by Gasteiger charge is -2.29. The summed E-state index contributed by atoms with van der Waals surface area (Å²) < 4.78 is 4.51. The van der Waals surface area contributed by atoms with Crippen LogP contribution in [0.15, 0.2) is 69.6 Å². The number of hydrogen-bond acceptors (Lipinski definition) is 4. The number of benzene rings is 2. The SMILES string of the molecule is CCN(CC)C(=O)C1=C(C)N=c2s/c(=C/c3cc(C)n(-c4c(C)cccc4C)c3C)c(=O)n2[C@H]1c1ccc(Cl)cc1. The van der Waals surface area contributed by atoms with Crippen molar-refractivity contribution in [3.8, 4) is 5.69 Å². The number of rotatable bonds is 6. The normalized spacial score (nSPS) is 15.2. The van der Waals surface area contributed by atoms with Crippen molar-refractivity contribution in [2.75, 3.05) is 13.1 Å². The highest BCUT2D eigenvalue weighted by Crippen LogP contribution is 2.32. The Bertz CT molecular complexity index is 1850. The number of halogens is 1. The first-order valence-corrected chi connectivity index (χ1v) is 15.1. The molecule has 0 fully saturated rings. The molecule has 0 unspecified atom stereocenters. The summed E-state index contributed by atoms with van der Waals surface area (Å²) in [5.41, 5.74) is 8.50. The molecule has 6 nitrogen and oxygen atoms in total. The molecular weight excluding hydrogens is 552 g/mol. The van der Waals surface area contributed by atoms with E-state index in [1.807, 2.05) is 39.0 Å². The van der Waals surface area contributed by atoms with E-state index >= 15 is 0 Å². The van der Waals surface area contributed by atoms with Crippen molar-refractivity contribution in [2.45, 2.75) is 54.5 Å². The van der Waals surface area contributed by atoms with Crippen LogP contribution >= 0.6 is 22.9 Å². The fourth-order valence-electron chi connectivity index (χ4n) is 5.81. The highest BCUT2D eigenvalue weighted by Gasteiger charge is 2.34. The predicted octanol–water partition coefficient (Wildman–Crippen LogP) is 5.78. The van der Waals surface area contributed by atoms with Gasteiger partial charge < -0.3 is 9.47 Å². The van der Waals surface area contributed by atoms with Gasteiger partial charge in [-0.05, 0) is 95.0 Å². The maximum atomic E-state index is 14.1. The minimum absolute atomic E-state index is 0.109. The lowest BCUT2D eigenvalue weighted by molar-refractivity contribution is -0.127. The number of likely N-dealkylation sites (N-methyl/N-ethyl adjacent to an activating group) is 1. The summed E-state index contributed by atoms with van der Waals surface area (Å²) in [6, 6.07) is 15.2. The van der Waals surface area contributed by atoms with Gasteiger partial charge >= 0.3 is 0 Å². The van der Waals surface area contributed by atoms with E-state index in [0.717, 1.165) is 22.5 Å². The summed E-state index contributed by atoms with van der Waals surface area (Å²) in [7, 11) is 0. The van der Waals surface area contributed by atoms with Gasteiger partial charge in [0.2, 0.25) is 0 Å². The fraction of sp³-hybridized carbons (Fsp3) is 0.303. The molecule has 1 aliphatic heterocycles. The molecule has 212 valence electrons. The number of hydrogen-bond donors (Lipinski definition) is 0. The van der Waals surface area contributed by atoms with Gasteiger partial charge in [-0.15, -0.1) is 0 Å². The van der Waals surface area contributed by atoms with Crippen molar-refractivity contribution in [3.05, 3.63) is 118 Å². The summed E-state index contributed by atoms with van der Waals surface area (Å²) in [4.78, 5) is 35.1. The smallest absolute Gasteiger partial charge is 0.271 e. The molecule has 0 saturated heterocycles. The molecule has 2 aromatic heterocycles. The molecule has 41 heavy (non-hydrogen) atoms. The number of thiazole rings is 1. The zero-order valence-corrected chi connectivity index (χ0v) is 26.2. The maximum absolute atomic E-state index is 14.1. The number of allylic oxidation sites excluding steroid dienone is 1. The summed E-state index contributed by atoms with van der Waals surface area (Å²) in [6.07, 6.45) is 1.96. The second-order valence-electron chi connectivity index (χ2n) is 10.5. The molecule has 0 saturated carbocycles. The molecule has 0 radical (unpaired) electrons. The first-order chi connectivity index (χ1) is 19.6. The summed E-state index contributed by atoms with van der Waals surface area (Å²) in [6.45, 7) is 15.3. The minimum atomic E-state index is -0.596. The Morgan fingerprint density at radius 2 is 1.66 bits per heavy atom. The van der Waals surface area contributed by atoms with Crippen molar-refractivity contribution in [3.63, 3.8) is 0 Å².